The molecule has 1 amide bonds. The molecule has 2 aromatic rings. The van der Waals surface area contributed by atoms with E-state index < -0.39 is 0 Å². The monoisotopic (exact) mass is 275 g/mol. The second-order valence-electron chi connectivity index (χ2n) is 4.67. The van der Waals surface area contributed by atoms with Crippen LogP contribution < -0.4 is 11.1 Å². The molecule has 0 aliphatic carbocycles. The highest BCUT2D eigenvalue weighted by Gasteiger charge is 2.09. The van der Waals surface area contributed by atoms with E-state index in [1.165, 1.54) is 11.3 Å². The van der Waals surface area contributed by atoms with Crippen LogP contribution in [0.1, 0.15) is 19.5 Å². The van der Waals surface area contributed by atoms with Crippen LogP contribution in [-0.4, -0.2) is 16.9 Å². The molecular weight excluding hydrogens is 258 g/mol. The Morgan fingerprint density at radius 2 is 2.26 bits per heavy atom. The highest BCUT2D eigenvalue weighted by molar-refractivity contribution is 7.13. The number of carbonyl (C=O) groups excluding carboxylic acids is 1. The summed E-state index contributed by atoms with van der Waals surface area (Å²) in [6.45, 7) is 3.88. The lowest BCUT2D eigenvalue weighted by molar-refractivity contribution is -0.120. The summed E-state index contributed by atoms with van der Waals surface area (Å²) in [5.41, 5.74) is 8.24. The van der Waals surface area contributed by atoms with E-state index in [0.29, 0.717) is 12.1 Å². The normalized spacial score (nSPS) is 10.7. The van der Waals surface area contributed by atoms with Crippen LogP contribution >= 0.6 is 11.3 Å². The van der Waals surface area contributed by atoms with Crippen LogP contribution in [-0.2, 0) is 11.2 Å². The minimum atomic E-state index is -0.000532. The van der Waals surface area contributed by atoms with Crippen LogP contribution in [0.15, 0.2) is 29.6 Å². The first kappa shape index (κ1) is 13.5. The number of thiazole rings is 1. The van der Waals surface area contributed by atoms with Gasteiger partial charge in [-0.2, -0.15) is 0 Å². The molecule has 0 radical (unpaired) electrons. The van der Waals surface area contributed by atoms with Crippen molar-refractivity contribution in [3.05, 3.63) is 35.3 Å². The van der Waals surface area contributed by atoms with Crippen molar-refractivity contribution in [2.45, 2.75) is 26.3 Å². The molecule has 3 N–H and O–H groups in total. The predicted molar refractivity (Wildman–Crippen MR) is 78.9 cm³/mol. The maximum atomic E-state index is 11.7. The highest BCUT2D eigenvalue weighted by atomic mass is 32.1. The number of hydrogen-bond donors (Lipinski definition) is 2. The van der Waals surface area contributed by atoms with Gasteiger partial charge >= 0.3 is 0 Å². The number of carbonyl (C=O) groups is 1. The first-order chi connectivity index (χ1) is 9.04. The van der Waals surface area contributed by atoms with Gasteiger partial charge in [0.1, 0.15) is 5.01 Å². The quantitative estimate of drug-likeness (QED) is 0.842. The van der Waals surface area contributed by atoms with Crippen LogP contribution in [0.3, 0.4) is 0 Å². The summed E-state index contributed by atoms with van der Waals surface area (Å²) in [5.74, 6) is -0.000532. The van der Waals surface area contributed by atoms with Crippen LogP contribution in [0.5, 0.6) is 0 Å². The third-order valence-electron chi connectivity index (χ3n) is 2.48. The van der Waals surface area contributed by atoms with Crippen LogP contribution in [0.2, 0.25) is 0 Å². The molecule has 0 aliphatic rings. The Kier molecular flexibility index (Phi) is 4.16. The van der Waals surface area contributed by atoms with Crippen molar-refractivity contribution < 1.29 is 4.79 Å². The molecule has 5 heteroatoms. The minimum absolute atomic E-state index is 0.000532. The largest absolute Gasteiger partial charge is 0.399 e. The molecule has 2 rings (SSSR count). The Balaban J connectivity index is 2.09. The van der Waals surface area contributed by atoms with Gasteiger partial charge in [-0.05, 0) is 26.0 Å². The Hall–Kier alpha value is -1.88. The number of rotatable bonds is 4. The molecule has 100 valence electrons. The molecule has 0 saturated carbocycles. The number of nitrogens with zero attached hydrogens (tertiary/aromatic N) is 1. The molecule has 1 aromatic carbocycles. The van der Waals surface area contributed by atoms with Crippen molar-refractivity contribution in [2.24, 2.45) is 0 Å². The molecule has 0 fully saturated rings. The first-order valence-electron chi connectivity index (χ1n) is 6.14. The first-order valence-corrected chi connectivity index (χ1v) is 7.02. The van der Waals surface area contributed by atoms with Crippen molar-refractivity contribution in [2.75, 3.05) is 5.73 Å². The van der Waals surface area contributed by atoms with Gasteiger partial charge in [0, 0.05) is 22.7 Å². The molecule has 0 aliphatic heterocycles. The van der Waals surface area contributed by atoms with Gasteiger partial charge in [-0.15, -0.1) is 11.3 Å². The summed E-state index contributed by atoms with van der Waals surface area (Å²) >= 11 is 1.53. The summed E-state index contributed by atoms with van der Waals surface area (Å²) < 4.78 is 0. The Labute approximate surface area is 116 Å². The van der Waals surface area contributed by atoms with Crippen molar-refractivity contribution in [3.8, 4) is 10.6 Å². The fourth-order valence-corrected chi connectivity index (χ4v) is 2.55. The summed E-state index contributed by atoms with van der Waals surface area (Å²) in [7, 11) is 0. The third-order valence-corrected chi connectivity index (χ3v) is 3.42. The molecule has 19 heavy (non-hydrogen) atoms. The van der Waals surface area contributed by atoms with Crippen molar-refractivity contribution >= 4 is 22.9 Å². The maximum Gasteiger partial charge on any atom is 0.226 e. The smallest absolute Gasteiger partial charge is 0.226 e. The van der Waals surface area contributed by atoms with Gasteiger partial charge in [-0.25, -0.2) is 4.98 Å². The lowest BCUT2D eigenvalue weighted by Crippen LogP contribution is -2.31. The summed E-state index contributed by atoms with van der Waals surface area (Å²) in [6.07, 6.45) is 0.316. The fraction of sp³-hybridized carbons (Fsp3) is 0.286. The predicted octanol–water partition coefficient (Wildman–Crippen LogP) is 2.46. The van der Waals surface area contributed by atoms with Crippen molar-refractivity contribution in [1.82, 2.24) is 10.3 Å². The number of aromatic nitrogens is 1. The molecule has 1 aromatic heterocycles. The highest BCUT2D eigenvalue weighted by Crippen LogP contribution is 2.25. The number of amides is 1. The zero-order valence-corrected chi connectivity index (χ0v) is 11.8. The summed E-state index contributed by atoms with van der Waals surface area (Å²) in [6, 6.07) is 7.74. The molecule has 1 heterocycles. The number of nitrogens with two attached hydrogens (primary N) is 1. The molecule has 0 saturated heterocycles. The third kappa shape index (κ3) is 3.79. The lowest BCUT2D eigenvalue weighted by Gasteiger charge is -2.06. The average Bonchev–Trinajstić information content (AvgIpc) is 2.76. The second kappa shape index (κ2) is 5.84. The number of nitrogens with one attached hydrogen (secondary N) is 1. The Morgan fingerprint density at radius 3 is 2.95 bits per heavy atom. The van der Waals surface area contributed by atoms with Crippen LogP contribution in [0.25, 0.3) is 10.6 Å². The molecular formula is C14H17N3OS. The van der Waals surface area contributed by atoms with Gasteiger partial charge < -0.3 is 11.1 Å². The number of anilines is 1. The van der Waals surface area contributed by atoms with E-state index >= 15 is 0 Å². The second-order valence-corrected chi connectivity index (χ2v) is 5.53. The van der Waals surface area contributed by atoms with Gasteiger partial charge in [0.05, 0.1) is 12.1 Å². The van der Waals surface area contributed by atoms with E-state index in [0.717, 1.165) is 16.3 Å². The molecule has 0 bridgehead atoms. The van der Waals surface area contributed by atoms with E-state index in [1.54, 1.807) is 0 Å². The minimum Gasteiger partial charge on any atom is -0.399 e. The van der Waals surface area contributed by atoms with Gasteiger partial charge in [0.25, 0.3) is 0 Å². The number of hydrogen-bond acceptors (Lipinski definition) is 4. The molecule has 0 spiro atoms. The summed E-state index contributed by atoms with van der Waals surface area (Å²) in [5, 5.41) is 5.66. The average molecular weight is 275 g/mol. The van der Waals surface area contributed by atoms with Gasteiger partial charge in [-0.1, -0.05) is 12.1 Å². The van der Waals surface area contributed by atoms with E-state index in [-0.39, 0.29) is 11.9 Å². The Morgan fingerprint density at radius 1 is 1.47 bits per heavy atom. The molecule has 0 atom stereocenters. The van der Waals surface area contributed by atoms with Crippen LogP contribution in [0.4, 0.5) is 5.69 Å². The van der Waals surface area contributed by atoms with Crippen molar-refractivity contribution in [3.63, 3.8) is 0 Å². The van der Waals surface area contributed by atoms with E-state index in [1.807, 2.05) is 43.5 Å². The lowest BCUT2D eigenvalue weighted by atomic mass is 10.2. The Bertz CT molecular complexity index is 578. The zero-order chi connectivity index (χ0) is 13.8. The zero-order valence-electron chi connectivity index (χ0n) is 11.0. The molecule has 4 nitrogen and oxygen atoms in total. The number of benzene rings is 1. The van der Waals surface area contributed by atoms with Gasteiger partial charge in [0.2, 0.25) is 5.91 Å². The standard InChI is InChI=1S/C14H17N3OS/c1-9(2)16-13(18)7-12-8-19-14(17-12)10-4-3-5-11(15)6-10/h3-6,8-9H,7,15H2,1-2H3,(H,16,18). The van der Waals surface area contributed by atoms with E-state index in [2.05, 4.69) is 10.3 Å². The van der Waals surface area contributed by atoms with Crippen molar-refractivity contribution in [1.29, 1.82) is 0 Å². The molecule has 0 unspecified atom stereocenters. The summed E-state index contributed by atoms with van der Waals surface area (Å²) in [4.78, 5) is 16.1. The fourth-order valence-electron chi connectivity index (χ4n) is 1.73. The maximum absolute atomic E-state index is 11.7. The van der Waals surface area contributed by atoms with Crippen LogP contribution in [0, 0.1) is 0 Å². The van der Waals surface area contributed by atoms with Gasteiger partial charge in [-0.3, -0.25) is 4.79 Å². The van der Waals surface area contributed by atoms with E-state index in [4.69, 9.17) is 5.73 Å². The van der Waals surface area contributed by atoms with Gasteiger partial charge in [0.15, 0.2) is 0 Å². The van der Waals surface area contributed by atoms with E-state index in [9.17, 15) is 4.79 Å². The SMILES string of the molecule is CC(C)NC(=O)Cc1csc(-c2cccc(N)c2)n1. The number of nitrogen functional groups attached to an aromatic ring is 1. The topological polar surface area (TPSA) is 68.0 Å².